The summed E-state index contributed by atoms with van der Waals surface area (Å²) in [6.45, 7) is 6.26. The fourth-order valence-electron chi connectivity index (χ4n) is 7.86. The first kappa shape index (κ1) is 38.8. The van der Waals surface area contributed by atoms with Gasteiger partial charge in [-0.3, -0.25) is 29.7 Å². The molecule has 0 unspecified atom stereocenters. The number of para-hydroxylation sites is 4. The average Bonchev–Trinajstić information content (AvgIpc) is 3.79. The lowest BCUT2D eigenvalue weighted by Gasteiger charge is -2.22. The molecule has 2 aromatic carbocycles. The molecule has 6 aromatic heterocycles. The smallest absolute Gasteiger partial charge is 0.124 e. The van der Waals surface area contributed by atoms with Crippen LogP contribution in [0.5, 0.6) is 0 Å². The number of hydrogen-bond acceptors (Lipinski definition) is 8. The maximum atomic E-state index is 5.15. The third kappa shape index (κ3) is 10.4. The minimum absolute atomic E-state index is 0.719. The minimum Gasteiger partial charge on any atom is -0.327 e. The van der Waals surface area contributed by atoms with Crippen molar-refractivity contribution in [1.29, 1.82) is 0 Å². The summed E-state index contributed by atoms with van der Waals surface area (Å²) in [4.78, 5) is 33.6. The normalized spacial score (nSPS) is 11.7. The van der Waals surface area contributed by atoms with Crippen molar-refractivity contribution in [2.75, 3.05) is 0 Å². The zero-order valence-electron chi connectivity index (χ0n) is 33.2. The molecule has 0 saturated heterocycles. The van der Waals surface area contributed by atoms with Crippen LogP contribution in [0.1, 0.15) is 72.9 Å². The van der Waals surface area contributed by atoms with Crippen LogP contribution in [0.25, 0.3) is 22.1 Å². The molecule has 0 radical (unpaired) electrons. The maximum absolute atomic E-state index is 5.15. The molecule has 0 bridgehead atoms. The predicted molar refractivity (Wildman–Crippen MR) is 230 cm³/mol. The molecule has 8 rings (SSSR count). The van der Waals surface area contributed by atoms with Crippen molar-refractivity contribution >= 4 is 22.1 Å². The molecule has 0 fully saturated rings. The first-order chi connectivity index (χ1) is 28.7. The summed E-state index contributed by atoms with van der Waals surface area (Å²) in [5.41, 5.74) is 8.68. The first-order valence-electron chi connectivity index (χ1n) is 20.7. The van der Waals surface area contributed by atoms with Crippen molar-refractivity contribution in [3.8, 4) is 0 Å². The van der Waals surface area contributed by atoms with E-state index in [-0.39, 0.29) is 0 Å². The lowest BCUT2D eigenvalue weighted by Crippen LogP contribution is -2.25. The molecule has 0 aliphatic rings. The quantitative estimate of drug-likeness (QED) is 0.0668. The number of rotatable bonds is 21. The van der Waals surface area contributed by atoms with E-state index in [9.17, 15) is 0 Å². The summed E-state index contributed by atoms with van der Waals surface area (Å²) >= 11 is 0. The van der Waals surface area contributed by atoms with Gasteiger partial charge in [0, 0.05) is 64.1 Å². The maximum Gasteiger partial charge on any atom is 0.124 e. The number of fused-ring (bicyclic) bond motifs is 2. The van der Waals surface area contributed by atoms with Crippen molar-refractivity contribution in [2.24, 2.45) is 0 Å². The van der Waals surface area contributed by atoms with Crippen LogP contribution in [0, 0.1) is 0 Å². The van der Waals surface area contributed by atoms with Crippen molar-refractivity contribution < 1.29 is 0 Å². The number of aromatic nitrogens is 8. The second-order valence-corrected chi connectivity index (χ2v) is 15.0. The van der Waals surface area contributed by atoms with Crippen LogP contribution in [0.2, 0.25) is 0 Å². The monoisotopic (exact) mass is 768 g/mol. The molecular formula is C48H52N10. The highest BCUT2D eigenvalue weighted by Gasteiger charge is 2.18. The standard InChI is InChI=1S/C48H52N10/c1(3-17-31-57-45-25-7-5-23-43(45)53-47(57)37-55(33-39-19-9-13-27-49-39)34-40-20-10-14-28-50-40)2-4-18-32-58-46-26-8-6-24-44(46)54-48(58)38-56(35-41-21-11-15-29-51-41)36-42-22-12-16-30-52-42/h5-16,19-30H,1-4,17-18,31-38H2. The SMILES string of the molecule is c1ccc(CN(Cc2ccccn2)Cc2nc3ccccc3n2CCCCCCCCn2c(CN(Cc3ccccn3)Cc3ccccn3)nc3ccccc32)nc1. The lowest BCUT2D eigenvalue weighted by molar-refractivity contribution is 0.232. The van der Waals surface area contributed by atoms with Gasteiger partial charge in [-0.2, -0.15) is 0 Å². The summed E-state index contributed by atoms with van der Waals surface area (Å²) in [6.07, 6.45) is 14.5. The molecule has 0 saturated carbocycles. The largest absolute Gasteiger partial charge is 0.327 e. The Labute approximate surface area is 341 Å². The summed E-state index contributed by atoms with van der Waals surface area (Å²) < 4.78 is 4.88. The molecule has 6 heterocycles. The van der Waals surface area contributed by atoms with E-state index in [1.165, 1.54) is 36.7 Å². The fourth-order valence-corrected chi connectivity index (χ4v) is 7.86. The predicted octanol–water partition coefficient (Wildman–Crippen LogP) is 9.41. The molecule has 0 amide bonds. The summed E-state index contributed by atoms with van der Waals surface area (Å²) in [6, 6.07) is 41.5. The molecular weight excluding hydrogens is 717 g/mol. The fraction of sp³-hybridized carbons (Fsp3) is 0.292. The second-order valence-electron chi connectivity index (χ2n) is 15.0. The van der Waals surface area contributed by atoms with E-state index in [0.29, 0.717) is 0 Å². The molecule has 0 N–H and O–H groups in total. The number of imidazole rings is 2. The highest BCUT2D eigenvalue weighted by atomic mass is 15.2. The van der Waals surface area contributed by atoms with Crippen LogP contribution >= 0.6 is 0 Å². The van der Waals surface area contributed by atoms with Crippen molar-refractivity contribution in [3.05, 3.63) is 181 Å². The van der Waals surface area contributed by atoms with Crippen LogP contribution in [0.4, 0.5) is 0 Å². The zero-order valence-corrected chi connectivity index (χ0v) is 33.2. The van der Waals surface area contributed by atoms with Crippen LogP contribution in [0.3, 0.4) is 0 Å². The van der Waals surface area contributed by atoms with Crippen molar-refractivity contribution in [2.45, 2.75) is 90.9 Å². The summed E-state index contributed by atoms with van der Waals surface area (Å²) in [5, 5.41) is 0. The highest BCUT2D eigenvalue weighted by molar-refractivity contribution is 5.76. The summed E-state index contributed by atoms with van der Waals surface area (Å²) in [5.74, 6) is 2.19. The van der Waals surface area contributed by atoms with E-state index in [1.54, 1.807) is 0 Å². The Bertz CT molecular complexity index is 2180. The van der Waals surface area contributed by atoms with Crippen molar-refractivity contribution in [1.82, 2.24) is 48.8 Å². The Balaban J connectivity index is 0.872. The molecule has 58 heavy (non-hydrogen) atoms. The van der Waals surface area contributed by atoms with Gasteiger partial charge in [-0.1, -0.05) is 74.2 Å². The van der Waals surface area contributed by atoms with Gasteiger partial charge in [0.25, 0.3) is 0 Å². The van der Waals surface area contributed by atoms with E-state index in [0.717, 1.165) is 111 Å². The van der Waals surface area contributed by atoms with Gasteiger partial charge in [-0.25, -0.2) is 9.97 Å². The van der Waals surface area contributed by atoms with Crippen LogP contribution in [-0.4, -0.2) is 48.8 Å². The van der Waals surface area contributed by atoms with E-state index in [2.05, 4.69) is 136 Å². The average molecular weight is 769 g/mol. The minimum atomic E-state index is 0.719. The topological polar surface area (TPSA) is 93.7 Å². The Morgan fingerprint density at radius 3 is 1.02 bits per heavy atom. The molecule has 8 aromatic rings. The van der Waals surface area contributed by atoms with Gasteiger partial charge in [0.1, 0.15) is 11.6 Å². The van der Waals surface area contributed by atoms with Gasteiger partial charge < -0.3 is 9.13 Å². The molecule has 0 aliphatic carbocycles. The van der Waals surface area contributed by atoms with Gasteiger partial charge in [0.2, 0.25) is 0 Å². The van der Waals surface area contributed by atoms with Gasteiger partial charge >= 0.3 is 0 Å². The van der Waals surface area contributed by atoms with Crippen LogP contribution in [0.15, 0.2) is 146 Å². The van der Waals surface area contributed by atoms with Gasteiger partial charge in [-0.05, 0) is 85.6 Å². The van der Waals surface area contributed by atoms with Gasteiger partial charge in [0.15, 0.2) is 0 Å². The number of hydrogen-bond donors (Lipinski definition) is 0. The Morgan fingerprint density at radius 2 is 0.672 bits per heavy atom. The third-order valence-corrected chi connectivity index (χ3v) is 10.7. The molecule has 294 valence electrons. The van der Waals surface area contributed by atoms with E-state index in [1.807, 2.05) is 49.1 Å². The first-order valence-corrected chi connectivity index (χ1v) is 20.7. The van der Waals surface area contributed by atoms with E-state index < -0.39 is 0 Å². The molecule has 0 spiro atoms. The molecule has 0 aliphatic heterocycles. The van der Waals surface area contributed by atoms with E-state index >= 15 is 0 Å². The van der Waals surface area contributed by atoms with Crippen molar-refractivity contribution in [3.63, 3.8) is 0 Å². The summed E-state index contributed by atoms with van der Waals surface area (Å²) in [7, 11) is 0. The highest BCUT2D eigenvalue weighted by Crippen LogP contribution is 2.23. The Kier molecular flexibility index (Phi) is 13.3. The number of benzene rings is 2. The molecule has 0 atom stereocenters. The number of unbranched alkanes of at least 4 members (excludes halogenated alkanes) is 5. The number of pyridine rings is 4. The van der Waals surface area contributed by atoms with Gasteiger partial charge in [-0.15, -0.1) is 0 Å². The number of nitrogens with zero attached hydrogens (tertiary/aromatic N) is 10. The second kappa shape index (κ2) is 19.9. The Morgan fingerprint density at radius 1 is 0.345 bits per heavy atom. The number of aryl methyl sites for hydroxylation is 2. The molecule has 10 nitrogen and oxygen atoms in total. The lowest BCUT2D eigenvalue weighted by atomic mass is 10.1. The zero-order chi connectivity index (χ0) is 39.2. The Hall–Kier alpha value is -6.10. The van der Waals surface area contributed by atoms with Gasteiger partial charge in [0.05, 0.1) is 57.9 Å². The van der Waals surface area contributed by atoms with Crippen LogP contribution < -0.4 is 0 Å². The van der Waals surface area contributed by atoms with Crippen LogP contribution in [-0.2, 0) is 52.4 Å². The third-order valence-electron chi connectivity index (χ3n) is 10.7. The van der Waals surface area contributed by atoms with E-state index in [4.69, 9.17) is 9.97 Å². The molecule has 10 heteroatoms.